The van der Waals surface area contributed by atoms with E-state index in [0.29, 0.717) is 21.8 Å². The number of sulfonamides is 1. The number of carbonyl (C=O) groups excluding carboxylic acids is 2. The molecule has 0 saturated carbocycles. The van der Waals surface area contributed by atoms with Crippen LogP contribution >= 0.6 is 11.6 Å². The molecular weight excluding hydrogens is 452 g/mol. The Balaban J connectivity index is 1.35. The van der Waals surface area contributed by atoms with Crippen molar-refractivity contribution in [2.75, 3.05) is 5.32 Å². The number of anilines is 1. The zero-order chi connectivity index (χ0) is 22.7. The average Bonchev–Trinajstić information content (AvgIpc) is 3.04. The number of nitrogens with zero attached hydrogens (tertiary/aromatic N) is 1. The van der Waals surface area contributed by atoms with Crippen LogP contribution in [0.2, 0.25) is 5.02 Å². The Labute approximate surface area is 189 Å². The van der Waals surface area contributed by atoms with Gasteiger partial charge in [0.15, 0.2) is 5.84 Å². The molecule has 0 aliphatic carbocycles. The average molecular weight is 469 g/mol. The predicted molar refractivity (Wildman–Crippen MR) is 121 cm³/mol. The maximum Gasteiger partial charge on any atom is 0.285 e. The Morgan fingerprint density at radius 2 is 1.56 bits per heavy atom. The summed E-state index contributed by atoms with van der Waals surface area (Å²) in [5, 5.41) is 3.54. The van der Waals surface area contributed by atoms with Crippen LogP contribution in [0.25, 0.3) is 0 Å². The fourth-order valence-electron chi connectivity index (χ4n) is 3.07. The molecule has 162 valence electrons. The summed E-state index contributed by atoms with van der Waals surface area (Å²) in [5.41, 5.74) is 6.83. The van der Waals surface area contributed by atoms with E-state index in [9.17, 15) is 18.0 Å². The molecule has 0 radical (unpaired) electrons. The van der Waals surface area contributed by atoms with Crippen molar-refractivity contribution in [2.24, 2.45) is 4.40 Å². The molecule has 4 rings (SSSR count). The van der Waals surface area contributed by atoms with E-state index in [1.807, 2.05) is 0 Å². The number of benzene rings is 3. The van der Waals surface area contributed by atoms with Gasteiger partial charge in [0, 0.05) is 21.8 Å². The topological polar surface area (TPSA) is 117 Å². The van der Waals surface area contributed by atoms with Gasteiger partial charge in [-0.15, -0.1) is 4.40 Å². The molecule has 10 heteroatoms. The molecule has 0 unspecified atom stereocenters. The fourth-order valence-corrected chi connectivity index (χ4v) is 4.37. The summed E-state index contributed by atoms with van der Waals surface area (Å²) in [6.07, 6.45) is 0.0901. The first kappa shape index (κ1) is 21.5. The minimum absolute atomic E-state index is 0.0901. The van der Waals surface area contributed by atoms with Crippen molar-refractivity contribution >= 4 is 45.0 Å². The highest BCUT2D eigenvalue weighted by Gasteiger charge is 2.28. The number of halogens is 1. The second kappa shape index (κ2) is 8.81. The summed E-state index contributed by atoms with van der Waals surface area (Å²) < 4.78 is 28.0. The van der Waals surface area contributed by atoms with E-state index in [0.717, 1.165) is 5.56 Å². The summed E-state index contributed by atoms with van der Waals surface area (Å²) in [6, 6.07) is 19.7. The number of hydrazine groups is 1. The van der Waals surface area contributed by atoms with E-state index in [-0.39, 0.29) is 23.1 Å². The van der Waals surface area contributed by atoms with Crippen LogP contribution in [0.5, 0.6) is 0 Å². The van der Waals surface area contributed by atoms with Crippen LogP contribution in [-0.4, -0.2) is 26.1 Å². The highest BCUT2D eigenvalue weighted by molar-refractivity contribution is 7.90. The van der Waals surface area contributed by atoms with E-state index in [2.05, 4.69) is 20.6 Å². The first-order valence-electron chi connectivity index (χ1n) is 9.47. The SMILES string of the molecule is O=C(Cc1ccc(Cl)cc1)NNC(=O)c1ccc(NC2=NS(=O)(=O)c3ccccc32)cc1. The molecule has 0 saturated heterocycles. The monoisotopic (exact) mass is 468 g/mol. The summed E-state index contributed by atoms with van der Waals surface area (Å²) in [7, 11) is -3.72. The summed E-state index contributed by atoms with van der Waals surface area (Å²) in [5.74, 6) is -0.655. The van der Waals surface area contributed by atoms with Gasteiger partial charge >= 0.3 is 0 Å². The molecule has 3 N–H and O–H groups in total. The normalized spacial score (nSPS) is 13.6. The molecule has 0 bridgehead atoms. The third kappa shape index (κ3) is 4.79. The lowest BCUT2D eigenvalue weighted by Crippen LogP contribution is -2.42. The van der Waals surface area contributed by atoms with E-state index >= 15 is 0 Å². The van der Waals surface area contributed by atoms with Crippen molar-refractivity contribution in [2.45, 2.75) is 11.3 Å². The van der Waals surface area contributed by atoms with E-state index in [4.69, 9.17) is 11.6 Å². The lowest BCUT2D eigenvalue weighted by atomic mass is 10.1. The van der Waals surface area contributed by atoms with Crippen molar-refractivity contribution in [1.29, 1.82) is 0 Å². The van der Waals surface area contributed by atoms with Crippen molar-refractivity contribution in [1.82, 2.24) is 10.9 Å². The molecule has 0 fully saturated rings. The van der Waals surface area contributed by atoms with E-state index in [1.54, 1.807) is 66.7 Å². The molecule has 0 spiro atoms. The van der Waals surface area contributed by atoms with Gasteiger partial charge in [0.05, 0.1) is 6.42 Å². The zero-order valence-corrected chi connectivity index (χ0v) is 18.1. The van der Waals surface area contributed by atoms with Crippen molar-refractivity contribution in [3.63, 3.8) is 0 Å². The first-order chi connectivity index (χ1) is 15.3. The van der Waals surface area contributed by atoms with Crippen LogP contribution in [0.4, 0.5) is 5.69 Å². The molecular formula is C22H17ClN4O4S. The fraction of sp³-hybridized carbons (Fsp3) is 0.0455. The van der Waals surface area contributed by atoms with Crippen LogP contribution in [0.15, 0.2) is 82.1 Å². The maximum atomic E-state index is 12.3. The first-order valence-corrected chi connectivity index (χ1v) is 11.3. The van der Waals surface area contributed by atoms with Crippen LogP contribution in [0.3, 0.4) is 0 Å². The molecule has 2 amide bonds. The van der Waals surface area contributed by atoms with Crippen LogP contribution in [-0.2, 0) is 21.2 Å². The van der Waals surface area contributed by atoms with Crippen molar-refractivity contribution in [3.05, 3.63) is 94.5 Å². The molecule has 3 aromatic rings. The van der Waals surface area contributed by atoms with Gasteiger partial charge in [-0.25, -0.2) is 0 Å². The Morgan fingerprint density at radius 3 is 2.28 bits per heavy atom. The molecule has 1 aliphatic heterocycles. The van der Waals surface area contributed by atoms with Gasteiger partial charge in [-0.3, -0.25) is 20.4 Å². The third-order valence-electron chi connectivity index (χ3n) is 4.63. The molecule has 0 aromatic heterocycles. The minimum Gasteiger partial charge on any atom is -0.339 e. The summed E-state index contributed by atoms with van der Waals surface area (Å²) in [6.45, 7) is 0. The molecule has 0 atom stereocenters. The van der Waals surface area contributed by atoms with Crippen molar-refractivity contribution in [3.8, 4) is 0 Å². The maximum absolute atomic E-state index is 12.3. The second-order valence-corrected chi connectivity index (χ2v) is 8.93. The number of amidine groups is 1. The van der Waals surface area contributed by atoms with Gasteiger partial charge in [-0.1, -0.05) is 35.9 Å². The number of hydrogen-bond donors (Lipinski definition) is 3. The molecule has 32 heavy (non-hydrogen) atoms. The quantitative estimate of drug-likeness (QED) is 0.509. The number of hydrogen-bond acceptors (Lipinski definition) is 5. The Bertz CT molecular complexity index is 1320. The largest absolute Gasteiger partial charge is 0.339 e. The molecule has 3 aromatic carbocycles. The summed E-state index contributed by atoms with van der Waals surface area (Å²) >= 11 is 5.82. The zero-order valence-electron chi connectivity index (χ0n) is 16.5. The Hall–Kier alpha value is -3.69. The highest BCUT2D eigenvalue weighted by atomic mass is 35.5. The number of rotatable bonds is 4. The third-order valence-corrected chi connectivity index (χ3v) is 6.22. The van der Waals surface area contributed by atoms with E-state index < -0.39 is 15.9 Å². The molecule has 1 aliphatic rings. The Morgan fingerprint density at radius 1 is 0.875 bits per heavy atom. The van der Waals surface area contributed by atoms with Gasteiger partial charge < -0.3 is 5.32 Å². The lowest BCUT2D eigenvalue weighted by Gasteiger charge is -2.09. The van der Waals surface area contributed by atoms with Gasteiger partial charge in [0.1, 0.15) is 4.90 Å². The van der Waals surface area contributed by atoms with Crippen molar-refractivity contribution < 1.29 is 18.0 Å². The minimum atomic E-state index is -3.72. The molecule has 1 heterocycles. The number of amides is 2. The highest BCUT2D eigenvalue weighted by Crippen LogP contribution is 2.26. The van der Waals surface area contributed by atoms with Crippen LogP contribution in [0, 0.1) is 0 Å². The molecule has 8 nitrogen and oxygen atoms in total. The van der Waals surface area contributed by atoms with Gasteiger partial charge in [0.2, 0.25) is 5.91 Å². The lowest BCUT2D eigenvalue weighted by molar-refractivity contribution is -0.121. The van der Waals surface area contributed by atoms with Crippen LogP contribution in [0.1, 0.15) is 21.5 Å². The number of carbonyl (C=O) groups is 2. The predicted octanol–water partition coefficient (Wildman–Crippen LogP) is 2.90. The van der Waals surface area contributed by atoms with E-state index in [1.165, 1.54) is 6.07 Å². The van der Waals surface area contributed by atoms with Gasteiger partial charge in [-0.2, -0.15) is 8.42 Å². The van der Waals surface area contributed by atoms with Crippen LogP contribution < -0.4 is 16.2 Å². The number of fused-ring (bicyclic) bond motifs is 1. The standard InChI is InChI=1S/C22H17ClN4O4S/c23-16-9-5-14(6-10-16)13-20(28)25-26-22(29)15-7-11-17(12-8-15)24-21-18-3-1-2-4-19(18)32(30,31)27-21/h1-12H,13H2,(H,24,27)(H,25,28)(H,26,29). The van der Waals surface area contributed by atoms with Gasteiger partial charge in [0.25, 0.3) is 15.9 Å². The Kier molecular flexibility index (Phi) is 5.93. The van der Waals surface area contributed by atoms with Gasteiger partial charge in [-0.05, 0) is 54.1 Å². The second-order valence-electron chi connectivity index (χ2n) is 6.92. The smallest absolute Gasteiger partial charge is 0.285 e. The summed E-state index contributed by atoms with van der Waals surface area (Å²) in [4.78, 5) is 24.4. The number of nitrogens with one attached hydrogen (secondary N) is 3.